The molecular formula is C28H23ClN4O4S. The zero-order valence-electron chi connectivity index (χ0n) is 20.1. The lowest BCUT2D eigenvalue weighted by Crippen LogP contribution is -2.45. The Bertz CT molecular complexity index is 1690. The number of sulfonamides is 1. The molecule has 1 aromatic heterocycles. The van der Waals surface area contributed by atoms with Gasteiger partial charge in [0.15, 0.2) is 0 Å². The SMILES string of the molecule is N#Cc1cc(NS(=O)(=O)c2cccc3cccnc23)ccc1C(=O)N1CCC(O)(c2cccc(Cl)c2)CC1. The Morgan fingerprint density at radius 1 is 1.05 bits per heavy atom. The maximum Gasteiger partial charge on any atom is 0.264 e. The van der Waals surface area contributed by atoms with Crippen molar-refractivity contribution in [3.63, 3.8) is 0 Å². The van der Waals surface area contributed by atoms with Gasteiger partial charge < -0.3 is 10.0 Å². The molecule has 10 heteroatoms. The number of aliphatic hydroxyl groups is 1. The second kappa shape index (κ2) is 10.1. The molecule has 2 N–H and O–H groups in total. The monoisotopic (exact) mass is 546 g/mol. The number of rotatable bonds is 5. The van der Waals surface area contributed by atoms with Crippen molar-refractivity contribution in [3.05, 3.63) is 101 Å². The molecule has 1 fully saturated rings. The van der Waals surface area contributed by atoms with Gasteiger partial charge in [0, 0.05) is 29.7 Å². The highest BCUT2D eigenvalue weighted by atomic mass is 35.5. The number of nitrogens with one attached hydrogen (secondary N) is 1. The number of anilines is 1. The van der Waals surface area contributed by atoms with Crippen LogP contribution in [0.25, 0.3) is 10.9 Å². The molecule has 0 bridgehead atoms. The Morgan fingerprint density at radius 2 is 1.79 bits per heavy atom. The summed E-state index contributed by atoms with van der Waals surface area (Å²) in [4.78, 5) is 19.1. The number of nitriles is 1. The van der Waals surface area contributed by atoms with Gasteiger partial charge in [0.1, 0.15) is 11.0 Å². The van der Waals surface area contributed by atoms with Gasteiger partial charge >= 0.3 is 0 Å². The highest BCUT2D eigenvalue weighted by molar-refractivity contribution is 7.93. The molecule has 1 amide bonds. The van der Waals surface area contributed by atoms with E-state index in [2.05, 4.69) is 9.71 Å². The first kappa shape index (κ1) is 25.7. The molecule has 0 unspecified atom stereocenters. The summed E-state index contributed by atoms with van der Waals surface area (Å²) in [6.45, 7) is 0.574. The van der Waals surface area contributed by atoms with Crippen LogP contribution in [0.4, 0.5) is 5.69 Å². The van der Waals surface area contributed by atoms with Crippen molar-refractivity contribution >= 4 is 44.1 Å². The van der Waals surface area contributed by atoms with E-state index in [1.165, 1.54) is 30.5 Å². The van der Waals surface area contributed by atoms with Gasteiger partial charge in [0.05, 0.1) is 27.9 Å². The predicted molar refractivity (Wildman–Crippen MR) is 144 cm³/mol. The molecule has 8 nitrogen and oxygen atoms in total. The van der Waals surface area contributed by atoms with Crippen LogP contribution in [0.15, 0.2) is 83.9 Å². The van der Waals surface area contributed by atoms with Gasteiger partial charge in [-0.3, -0.25) is 14.5 Å². The lowest BCUT2D eigenvalue weighted by Gasteiger charge is -2.38. The number of piperidine rings is 1. The van der Waals surface area contributed by atoms with E-state index < -0.39 is 15.6 Å². The zero-order valence-corrected chi connectivity index (χ0v) is 21.7. The summed E-state index contributed by atoms with van der Waals surface area (Å²) in [5.74, 6) is -0.359. The van der Waals surface area contributed by atoms with Crippen LogP contribution in [-0.4, -0.2) is 42.4 Å². The van der Waals surface area contributed by atoms with Gasteiger partial charge in [-0.05, 0) is 60.9 Å². The minimum absolute atomic E-state index is 0.00904. The van der Waals surface area contributed by atoms with Gasteiger partial charge in [-0.15, -0.1) is 0 Å². The molecule has 0 saturated carbocycles. The third-order valence-electron chi connectivity index (χ3n) is 6.75. The fraction of sp³-hybridized carbons (Fsp3) is 0.179. The highest BCUT2D eigenvalue weighted by Gasteiger charge is 2.36. The average molecular weight is 547 g/mol. The van der Waals surface area contributed by atoms with E-state index in [1.807, 2.05) is 12.1 Å². The van der Waals surface area contributed by atoms with Crippen molar-refractivity contribution < 1.29 is 18.3 Å². The van der Waals surface area contributed by atoms with Crippen molar-refractivity contribution in [1.82, 2.24) is 9.88 Å². The topological polar surface area (TPSA) is 123 Å². The standard InChI is InChI=1S/C28H23ClN4O4S/c29-22-7-2-6-21(17-22)28(35)11-14-33(15-12-28)27(34)24-10-9-23(16-20(24)18-30)32-38(36,37)25-8-1-4-19-5-3-13-31-26(19)25/h1-10,13,16-17,32,35H,11-12,14-15H2. The Morgan fingerprint density at radius 3 is 2.53 bits per heavy atom. The molecule has 0 radical (unpaired) electrons. The minimum Gasteiger partial charge on any atom is -0.385 e. The number of amides is 1. The highest BCUT2D eigenvalue weighted by Crippen LogP contribution is 2.34. The molecule has 0 aliphatic carbocycles. The van der Waals surface area contributed by atoms with Crippen LogP contribution >= 0.6 is 11.6 Å². The first-order valence-electron chi connectivity index (χ1n) is 11.9. The van der Waals surface area contributed by atoms with Crippen molar-refractivity contribution in [2.45, 2.75) is 23.3 Å². The average Bonchev–Trinajstić information content (AvgIpc) is 2.92. The fourth-order valence-corrected chi connectivity index (χ4v) is 6.13. The Hall–Kier alpha value is -3.97. The van der Waals surface area contributed by atoms with Crippen LogP contribution in [0, 0.1) is 11.3 Å². The maximum atomic E-state index is 13.3. The summed E-state index contributed by atoms with van der Waals surface area (Å²) in [5.41, 5.74) is 0.293. The molecule has 1 aliphatic heterocycles. The number of carbonyl (C=O) groups is 1. The molecular weight excluding hydrogens is 524 g/mol. The van der Waals surface area contributed by atoms with E-state index in [4.69, 9.17) is 11.6 Å². The smallest absolute Gasteiger partial charge is 0.264 e. The maximum absolute atomic E-state index is 13.3. The lowest BCUT2D eigenvalue weighted by molar-refractivity contribution is -0.0211. The zero-order chi connectivity index (χ0) is 26.9. The Kier molecular flexibility index (Phi) is 6.80. The minimum atomic E-state index is -4.02. The van der Waals surface area contributed by atoms with Crippen LogP contribution in [0.1, 0.15) is 34.3 Å². The summed E-state index contributed by atoms with van der Waals surface area (Å²) >= 11 is 6.08. The molecule has 38 heavy (non-hydrogen) atoms. The molecule has 0 atom stereocenters. The van der Waals surface area contributed by atoms with Crippen molar-refractivity contribution in [3.8, 4) is 6.07 Å². The number of aromatic nitrogens is 1. The van der Waals surface area contributed by atoms with Gasteiger partial charge in [0.25, 0.3) is 15.9 Å². The Balaban J connectivity index is 1.34. The lowest BCUT2D eigenvalue weighted by atomic mass is 9.84. The van der Waals surface area contributed by atoms with Gasteiger partial charge in [-0.25, -0.2) is 8.42 Å². The number of para-hydroxylation sites is 1. The van der Waals surface area contributed by atoms with E-state index in [0.717, 1.165) is 0 Å². The number of likely N-dealkylation sites (tertiary alicyclic amines) is 1. The number of fused-ring (bicyclic) bond motifs is 1. The quantitative estimate of drug-likeness (QED) is 0.374. The molecule has 1 aliphatic rings. The van der Waals surface area contributed by atoms with Crippen LogP contribution in [0.3, 0.4) is 0 Å². The van der Waals surface area contributed by atoms with Crippen LogP contribution in [0.2, 0.25) is 5.02 Å². The van der Waals surface area contributed by atoms with Gasteiger partial charge in [-0.2, -0.15) is 5.26 Å². The summed E-state index contributed by atoms with van der Waals surface area (Å²) in [6.07, 6.45) is 2.15. The number of pyridine rings is 1. The number of halogens is 1. The first-order chi connectivity index (χ1) is 18.2. The van der Waals surface area contributed by atoms with Gasteiger partial charge in [-0.1, -0.05) is 41.9 Å². The van der Waals surface area contributed by atoms with Crippen LogP contribution in [-0.2, 0) is 15.6 Å². The summed E-state index contributed by atoms with van der Waals surface area (Å²) in [7, 11) is -4.02. The van der Waals surface area contributed by atoms with Crippen molar-refractivity contribution in [2.75, 3.05) is 17.8 Å². The summed E-state index contributed by atoms with van der Waals surface area (Å²) in [6, 6.07) is 21.6. The number of hydrogen-bond acceptors (Lipinski definition) is 6. The molecule has 5 rings (SSSR count). The normalized spacial score (nSPS) is 15.1. The molecule has 3 aromatic carbocycles. The summed E-state index contributed by atoms with van der Waals surface area (Å²) < 4.78 is 28.8. The van der Waals surface area contributed by atoms with E-state index in [-0.39, 0.29) is 40.7 Å². The summed E-state index contributed by atoms with van der Waals surface area (Å²) in [5, 5.41) is 22.1. The molecule has 4 aromatic rings. The van der Waals surface area contributed by atoms with Crippen molar-refractivity contribution in [1.29, 1.82) is 5.26 Å². The van der Waals surface area contributed by atoms with Gasteiger partial charge in [0.2, 0.25) is 0 Å². The number of nitrogens with zero attached hydrogens (tertiary/aromatic N) is 3. The number of benzene rings is 3. The third kappa shape index (κ3) is 4.94. The van der Waals surface area contributed by atoms with E-state index in [0.29, 0.717) is 34.3 Å². The van der Waals surface area contributed by atoms with E-state index in [1.54, 1.807) is 47.4 Å². The molecule has 0 spiro atoms. The fourth-order valence-electron chi connectivity index (χ4n) is 4.71. The Labute approximate surface area is 225 Å². The van der Waals surface area contributed by atoms with E-state index >= 15 is 0 Å². The van der Waals surface area contributed by atoms with Crippen molar-refractivity contribution in [2.24, 2.45) is 0 Å². The predicted octanol–water partition coefficient (Wildman–Crippen LogP) is 4.68. The number of carbonyl (C=O) groups excluding carboxylic acids is 1. The molecule has 1 saturated heterocycles. The second-order valence-electron chi connectivity index (χ2n) is 9.14. The second-order valence-corrected chi connectivity index (χ2v) is 11.2. The molecule has 192 valence electrons. The first-order valence-corrected chi connectivity index (χ1v) is 13.7. The third-order valence-corrected chi connectivity index (χ3v) is 8.40. The van der Waals surface area contributed by atoms with E-state index in [9.17, 15) is 23.6 Å². The van der Waals surface area contributed by atoms with Crippen LogP contribution < -0.4 is 4.72 Å². The molecule has 2 heterocycles. The largest absolute Gasteiger partial charge is 0.385 e. The number of hydrogen-bond donors (Lipinski definition) is 2. The van der Waals surface area contributed by atoms with Crippen LogP contribution in [0.5, 0.6) is 0 Å².